The minimum absolute atomic E-state index is 0.0179. The predicted molar refractivity (Wildman–Crippen MR) is 88.7 cm³/mol. The summed E-state index contributed by atoms with van der Waals surface area (Å²) >= 11 is 13.0. The largest absolute Gasteiger partial charge is 0.376 e. The van der Waals surface area contributed by atoms with E-state index < -0.39 is 0 Å². The van der Waals surface area contributed by atoms with Gasteiger partial charge in [-0.05, 0) is 61.7 Å². The Morgan fingerprint density at radius 2 is 1.84 bits per heavy atom. The Balaban J connectivity index is 2.25. The SMILES string of the molecule is NCC(Nc1ccccc1Br)c1ccc(Br)c(Cl)c1. The summed E-state index contributed by atoms with van der Waals surface area (Å²) in [6, 6.07) is 13.8. The second kappa shape index (κ2) is 6.75. The predicted octanol–water partition coefficient (Wildman–Crippen LogP) is 4.98. The molecule has 1 unspecified atom stereocenters. The summed E-state index contributed by atoms with van der Waals surface area (Å²) in [5.41, 5.74) is 7.93. The molecule has 100 valence electrons. The van der Waals surface area contributed by atoms with E-state index in [9.17, 15) is 0 Å². The number of halogens is 3. The van der Waals surface area contributed by atoms with Gasteiger partial charge in [0.25, 0.3) is 0 Å². The number of rotatable bonds is 4. The third-order valence-electron chi connectivity index (χ3n) is 2.79. The Labute approximate surface area is 134 Å². The van der Waals surface area contributed by atoms with Gasteiger partial charge >= 0.3 is 0 Å². The number of benzene rings is 2. The Kier molecular flexibility index (Phi) is 5.28. The summed E-state index contributed by atoms with van der Waals surface area (Å²) in [4.78, 5) is 0. The van der Waals surface area contributed by atoms with Crippen molar-refractivity contribution in [2.24, 2.45) is 5.73 Å². The highest BCUT2D eigenvalue weighted by molar-refractivity contribution is 9.11. The molecule has 19 heavy (non-hydrogen) atoms. The van der Waals surface area contributed by atoms with Crippen molar-refractivity contribution in [1.82, 2.24) is 0 Å². The van der Waals surface area contributed by atoms with Gasteiger partial charge in [-0.25, -0.2) is 0 Å². The van der Waals surface area contributed by atoms with Crippen LogP contribution in [0.15, 0.2) is 51.4 Å². The molecular formula is C14H13Br2ClN2. The number of anilines is 1. The summed E-state index contributed by atoms with van der Waals surface area (Å²) in [6.07, 6.45) is 0. The highest BCUT2D eigenvalue weighted by atomic mass is 79.9. The van der Waals surface area contributed by atoms with Crippen molar-refractivity contribution >= 4 is 49.1 Å². The van der Waals surface area contributed by atoms with Crippen LogP contribution in [0, 0.1) is 0 Å². The van der Waals surface area contributed by atoms with Gasteiger partial charge in [0.2, 0.25) is 0 Å². The van der Waals surface area contributed by atoms with Crippen LogP contribution in [0.5, 0.6) is 0 Å². The maximum atomic E-state index is 6.12. The Bertz CT molecular complexity index is 575. The minimum atomic E-state index is 0.0179. The van der Waals surface area contributed by atoms with Gasteiger partial charge < -0.3 is 11.1 Å². The number of hydrogen-bond acceptors (Lipinski definition) is 2. The average molecular weight is 405 g/mol. The first kappa shape index (κ1) is 14.9. The zero-order chi connectivity index (χ0) is 13.8. The Morgan fingerprint density at radius 1 is 1.11 bits per heavy atom. The second-order valence-electron chi connectivity index (χ2n) is 4.09. The summed E-state index contributed by atoms with van der Waals surface area (Å²) in [7, 11) is 0. The molecule has 0 aliphatic carbocycles. The molecule has 0 aromatic heterocycles. The van der Waals surface area contributed by atoms with Gasteiger partial charge in [-0.2, -0.15) is 0 Å². The molecule has 0 heterocycles. The highest BCUT2D eigenvalue weighted by Gasteiger charge is 2.12. The molecule has 1 atom stereocenters. The fourth-order valence-electron chi connectivity index (χ4n) is 1.77. The van der Waals surface area contributed by atoms with Gasteiger partial charge in [-0.15, -0.1) is 0 Å². The average Bonchev–Trinajstić information content (AvgIpc) is 2.41. The third-order valence-corrected chi connectivity index (χ3v) is 4.71. The maximum Gasteiger partial charge on any atom is 0.0637 e. The molecule has 0 spiro atoms. The fraction of sp³-hybridized carbons (Fsp3) is 0.143. The van der Waals surface area contributed by atoms with Crippen molar-refractivity contribution < 1.29 is 0 Å². The van der Waals surface area contributed by atoms with E-state index in [1.54, 1.807) is 0 Å². The molecule has 0 bridgehead atoms. The smallest absolute Gasteiger partial charge is 0.0637 e. The molecule has 0 saturated carbocycles. The van der Waals surface area contributed by atoms with Crippen molar-refractivity contribution in [3.05, 3.63) is 62.0 Å². The van der Waals surface area contributed by atoms with Crippen molar-refractivity contribution in [2.75, 3.05) is 11.9 Å². The van der Waals surface area contributed by atoms with Crippen LogP contribution in [0.25, 0.3) is 0 Å². The first-order valence-electron chi connectivity index (χ1n) is 5.78. The monoisotopic (exact) mass is 402 g/mol. The Hall–Kier alpha value is -0.550. The normalized spacial score (nSPS) is 12.2. The standard InChI is InChI=1S/C14H13Br2ClN2/c15-10-6-5-9(7-12(10)17)14(8-18)19-13-4-2-1-3-11(13)16/h1-7,14,19H,8,18H2. The van der Waals surface area contributed by atoms with Crippen LogP contribution >= 0.6 is 43.5 Å². The summed E-state index contributed by atoms with van der Waals surface area (Å²) in [5, 5.41) is 4.10. The third kappa shape index (κ3) is 3.72. The second-order valence-corrected chi connectivity index (χ2v) is 6.20. The van der Waals surface area contributed by atoms with Gasteiger partial charge in [0, 0.05) is 21.2 Å². The molecule has 0 amide bonds. The molecule has 0 saturated heterocycles. The van der Waals surface area contributed by atoms with Crippen molar-refractivity contribution in [3.8, 4) is 0 Å². The van der Waals surface area contributed by atoms with Crippen LogP contribution in [-0.4, -0.2) is 6.54 Å². The zero-order valence-corrected chi connectivity index (χ0v) is 14.0. The number of hydrogen-bond donors (Lipinski definition) is 2. The molecule has 0 radical (unpaired) electrons. The quantitative estimate of drug-likeness (QED) is 0.754. The summed E-state index contributed by atoms with van der Waals surface area (Å²) in [5.74, 6) is 0. The van der Waals surface area contributed by atoms with Crippen molar-refractivity contribution in [3.63, 3.8) is 0 Å². The first-order valence-corrected chi connectivity index (χ1v) is 7.74. The molecule has 0 fully saturated rings. The van der Waals surface area contributed by atoms with Gasteiger partial charge in [-0.3, -0.25) is 0 Å². The molecule has 2 rings (SSSR count). The van der Waals surface area contributed by atoms with E-state index in [1.165, 1.54) is 0 Å². The molecule has 3 N–H and O–H groups in total. The van der Waals surface area contributed by atoms with Crippen LogP contribution in [0.1, 0.15) is 11.6 Å². The van der Waals surface area contributed by atoms with Gasteiger partial charge in [-0.1, -0.05) is 29.8 Å². The van der Waals surface area contributed by atoms with Crippen molar-refractivity contribution in [1.29, 1.82) is 0 Å². The lowest BCUT2D eigenvalue weighted by atomic mass is 10.1. The lowest BCUT2D eigenvalue weighted by Gasteiger charge is -2.20. The zero-order valence-electron chi connectivity index (χ0n) is 10.0. The highest BCUT2D eigenvalue weighted by Crippen LogP contribution is 2.29. The minimum Gasteiger partial charge on any atom is -0.376 e. The molecule has 2 nitrogen and oxygen atoms in total. The molecule has 2 aromatic rings. The van der Waals surface area contributed by atoms with Gasteiger partial charge in [0.15, 0.2) is 0 Å². The van der Waals surface area contributed by atoms with E-state index in [0.29, 0.717) is 11.6 Å². The number of nitrogens with two attached hydrogens (primary N) is 1. The topological polar surface area (TPSA) is 38.0 Å². The fourth-order valence-corrected chi connectivity index (χ4v) is 2.61. The van der Waals surface area contributed by atoms with E-state index in [-0.39, 0.29) is 6.04 Å². The van der Waals surface area contributed by atoms with Crippen LogP contribution < -0.4 is 11.1 Å². The number of para-hydroxylation sites is 1. The molecule has 2 aromatic carbocycles. The maximum absolute atomic E-state index is 6.12. The first-order chi connectivity index (χ1) is 9.11. The summed E-state index contributed by atoms with van der Waals surface area (Å²) < 4.78 is 1.89. The van der Waals surface area contributed by atoms with Crippen LogP contribution in [0.2, 0.25) is 5.02 Å². The lowest BCUT2D eigenvalue weighted by molar-refractivity contribution is 0.789. The van der Waals surface area contributed by atoms with Crippen LogP contribution in [-0.2, 0) is 0 Å². The van der Waals surface area contributed by atoms with E-state index in [1.807, 2.05) is 42.5 Å². The van der Waals surface area contributed by atoms with Crippen LogP contribution in [0.4, 0.5) is 5.69 Å². The van der Waals surface area contributed by atoms with E-state index in [2.05, 4.69) is 37.2 Å². The lowest BCUT2D eigenvalue weighted by Crippen LogP contribution is -2.20. The molecular weight excluding hydrogens is 391 g/mol. The van der Waals surface area contributed by atoms with E-state index >= 15 is 0 Å². The van der Waals surface area contributed by atoms with Gasteiger partial charge in [0.1, 0.15) is 0 Å². The molecule has 5 heteroatoms. The summed E-state index contributed by atoms with van der Waals surface area (Å²) in [6.45, 7) is 0.485. The van der Waals surface area contributed by atoms with Gasteiger partial charge in [0.05, 0.1) is 11.1 Å². The van der Waals surface area contributed by atoms with E-state index in [4.69, 9.17) is 17.3 Å². The molecule has 0 aliphatic rings. The van der Waals surface area contributed by atoms with Crippen LogP contribution in [0.3, 0.4) is 0 Å². The van der Waals surface area contributed by atoms with Crippen molar-refractivity contribution in [2.45, 2.75) is 6.04 Å². The molecule has 0 aliphatic heterocycles. The number of nitrogens with one attached hydrogen (secondary N) is 1. The van der Waals surface area contributed by atoms with E-state index in [0.717, 1.165) is 20.2 Å². The Morgan fingerprint density at radius 3 is 2.47 bits per heavy atom.